The first-order valence-corrected chi connectivity index (χ1v) is 6.51. The van der Waals surface area contributed by atoms with Crippen LogP contribution in [0.15, 0.2) is 18.2 Å². The number of amides is 1. The van der Waals surface area contributed by atoms with Crippen LogP contribution in [-0.4, -0.2) is 36.6 Å². The Kier molecular flexibility index (Phi) is 3.98. The largest absolute Gasteiger partial charge is 0.375 e. The number of halogens is 2. The van der Waals surface area contributed by atoms with Crippen LogP contribution in [-0.2, 0) is 4.74 Å². The average Bonchev–Trinajstić information content (AvgIpc) is 2.31. The van der Waals surface area contributed by atoms with E-state index in [1.165, 1.54) is 12.1 Å². The standard InChI is InChI=1S/C12H13FINO2/c1-8-7-15(4-5-17-8)12(16)10-6-9(13)2-3-11(10)14/h2-3,6,8H,4-5,7H2,1H3/t8-/m1/s1. The van der Waals surface area contributed by atoms with E-state index in [9.17, 15) is 9.18 Å². The van der Waals surface area contributed by atoms with Crippen LogP contribution >= 0.6 is 22.6 Å². The number of carbonyl (C=O) groups is 1. The van der Waals surface area contributed by atoms with E-state index in [0.717, 1.165) is 3.57 Å². The van der Waals surface area contributed by atoms with Crippen molar-refractivity contribution < 1.29 is 13.9 Å². The second-order valence-corrected chi connectivity index (χ2v) is 5.22. The van der Waals surface area contributed by atoms with Gasteiger partial charge in [-0.05, 0) is 47.7 Å². The zero-order valence-electron chi connectivity index (χ0n) is 9.45. The van der Waals surface area contributed by atoms with Crippen LogP contribution in [0.5, 0.6) is 0 Å². The molecule has 1 saturated heterocycles. The number of hydrogen-bond donors (Lipinski definition) is 0. The Balaban J connectivity index is 2.21. The van der Waals surface area contributed by atoms with Crippen molar-refractivity contribution in [1.29, 1.82) is 0 Å². The lowest BCUT2D eigenvalue weighted by molar-refractivity contribution is -0.0124. The van der Waals surface area contributed by atoms with Crippen LogP contribution < -0.4 is 0 Å². The van der Waals surface area contributed by atoms with Gasteiger partial charge in [-0.3, -0.25) is 4.79 Å². The van der Waals surface area contributed by atoms with Gasteiger partial charge < -0.3 is 9.64 Å². The summed E-state index contributed by atoms with van der Waals surface area (Å²) in [4.78, 5) is 13.9. The number of carbonyl (C=O) groups excluding carboxylic acids is 1. The molecule has 0 radical (unpaired) electrons. The Morgan fingerprint density at radius 3 is 3.06 bits per heavy atom. The van der Waals surface area contributed by atoms with Crippen molar-refractivity contribution in [1.82, 2.24) is 4.90 Å². The van der Waals surface area contributed by atoms with Crippen molar-refractivity contribution >= 4 is 28.5 Å². The van der Waals surface area contributed by atoms with Crippen LogP contribution in [0, 0.1) is 9.39 Å². The first kappa shape index (κ1) is 12.8. The third kappa shape index (κ3) is 2.95. The molecular formula is C12H13FINO2. The van der Waals surface area contributed by atoms with Crippen LogP contribution in [0.2, 0.25) is 0 Å². The Morgan fingerprint density at radius 1 is 1.59 bits per heavy atom. The summed E-state index contributed by atoms with van der Waals surface area (Å²) in [7, 11) is 0. The molecule has 0 unspecified atom stereocenters. The topological polar surface area (TPSA) is 29.5 Å². The molecule has 0 aromatic heterocycles. The van der Waals surface area contributed by atoms with E-state index in [-0.39, 0.29) is 17.8 Å². The van der Waals surface area contributed by atoms with Gasteiger partial charge in [-0.25, -0.2) is 4.39 Å². The van der Waals surface area contributed by atoms with Gasteiger partial charge in [-0.15, -0.1) is 0 Å². The van der Waals surface area contributed by atoms with Crippen LogP contribution in [0.4, 0.5) is 4.39 Å². The minimum Gasteiger partial charge on any atom is -0.375 e. The minimum atomic E-state index is -0.380. The summed E-state index contributed by atoms with van der Waals surface area (Å²) in [5, 5.41) is 0. The van der Waals surface area contributed by atoms with E-state index in [2.05, 4.69) is 0 Å². The molecule has 0 saturated carbocycles. The fourth-order valence-electron chi connectivity index (χ4n) is 1.83. The van der Waals surface area contributed by atoms with Gasteiger partial charge >= 0.3 is 0 Å². The van der Waals surface area contributed by atoms with E-state index in [0.29, 0.717) is 25.3 Å². The van der Waals surface area contributed by atoms with Crippen molar-refractivity contribution in [2.24, 2.45) is 0 Å². The van der Waals surface area contributed by atoms with E-state index >= 15 is 0 Å². The van der Waals surface area contributed by atoms with E-state index in [1.54, 1.807) is 11.0 Å². The molecule has 3 nitrogen and oxygen atoms in total. The fourth-order valence-corrected chi connectivity index (χ4v) is 2.40. The summed E-state index contributed by atoms with van der Waals surface area (Å²) >= 11 is 2.05. The number of morpholine rings is 1. The highest BCUT2D eigenvalue weighted by Crippen LogP contribution is 2.17. The molecule has 1 atom stereocenters. The molecule has 1 aromatic rings. The van der Waals surface area contributed by atoms with E-state index in [1.807, 2.05) is 29.5 Å². The van der Waals surface area contributed by atoms with Crippen molar-refractivity contribution in [2.75, 3.05) is 19.7 Å². The Bertz CT molecular complexity index is 439. The van der Waals surface area contributed by atoms with Gasteiger partial charge in [0.1, 0.15) is 5.82 Å². The number of hydrogen-bond acceptors (Lipinski definition) is 2. The molecular weight excluding hydrogens is 336 g/mol. The average molecular weight is 349 g/mol. The van der Waals surface area contributed by atoms with Crippen molar-refractivity contribution in [3.05, 3.63) is 33.1 Å². The molecule has 0 bridgehead atoms. The number of benzene rings is 1. The quantitative estimate of drug-likeness (QED) is 0.729. The molecule has 2 rings (SSSR count). The highest BCUT2D eigenvalue weighted by atomic mass is 127. The third-order valence-corrected chi connectivity index (χ3v) is 3.63. The van der Waals surface area contributed by atoms with E-state index < -0.39 is 0 Å². The molecule has 92 valence electrons. The molecule has 0 spiro atoms. The predicted molar refractivity (Wildman–Crippen MR) is 70.4 cm³/mol. The maximum absolute atomic E-state index is 13.2. The van der Waals surface area contributed by atoms with Crippen LogP contribution in [0.3, 0.4) is 0 Å². The van der Waals surface area contributed by atoms with Crippen molar-refractivity contribution in [3.63, 3.8) is 0 Å². The molecule has 5 heteroatoms. The van der Waals surface area contributed by atoms with Gasteiger partial charge in [0, 0.05) is 16.7 Å². The predicted octanol–water partition coefficient (Wildman–Crippen LogP) is 2.29. The van der Waals surface area contributed by atoms with Crippen LogP contribution in [0.25, 0.3) is 0 Å². The first-order chi connectivity index (χ1) is 8.08. The lowest BCUT2D eigenvalue weighted by Crippen LogP contribution is -2.44. The summed E-state index contributed by atoms with van der Waals surface area (Å²) in [6.45, 7) is 3.59. The fraction of sp³-hybridized carbons (Fsp3) is 0.417. The Labute approximate surface area is 113 Å². The zero-order valence-corrected chi connectivity index (χ0v) is 11.6. The molecule has 1 aliphatic rings. The van der Waals surface area contributed by atoms with Gasteiger partial charge in [-0.1, -0.05) is 0 Å². The lowest BCUT2D eigenvalue weighted by atomic mass is 10.1. The Morgan fingerprint density at radius 2 is 2.35 bits per heavy atom. The molecule has 1 heterocycles. The molecule has 0 aliphatic carbocycles. The first-order valence-electron chi connectivity index (χ1n) is 5.44. The van der Waals surface area contributed by atoms with Crippen molar-refractivity contribution in [3.8, 4) is 0 Å². The van der Waals surface area contributed by atoms with Gasteiger partial charge in [0.25, 0.3) is 5.91 Å². The number of ether oxygens (including phenoxy) is 1. The van der Waals surface area contributed by atoms with Gasteiger partial charge in [0.2, 0.25) is 0 Å². The highest BCUT2D eigenvalue weighted by molar-refractivity contribution is 14.1. The maximum Gasteiger partial charge on any atom is 0.255 e. The zero-order chi connectivity index (χ0) is 12.4. The minimum absolute atomic E-state index is 0.0407. The molecule has 0 N–H and O–H groups in total. The van der Waals surface area contributed by atoms with E-state index in [4.69, 9.17) is 4.74 Å². The SMILES string of the molecule is C[C@@H]1CN(C(=O)c2cc(F)ccc2I)CCO1. The second kappa shape index (κ2) is 5.30. The molecule has 1 fully saturated rings. The number of nitrogens with zero attached hydrogens (tertiary/aromatic N) is 1. The molecule has 1 aromatic carbocycles. The summed E-state index contributed by atoms with van der Waals surface area (Å²) in [5.74, 6) is -0.501. The number of rotatable bonds is 1. The van der Waals surface area contributed by atoms with Gasteiger partial charge in [0.15, 0.2) is 0 Å². The van der Waals surface area contributed by atoms with Gasteiger partial charge in [-0.2, -0.15) is 0 Å². The third-order valence-electron chi connectivity index (χ3n) is 2.69. The highest BCUT2D eigenvalue weighted by Gasteiger charge is 2.24. The Hall–Kier alpha value is -0.690. The molecule has 1 aliphatic heterocycles. The lowest BCUT2D eigenvalue weighted by Gasteiger charge is -2.31. The normalized spacial score (nSPS) is 20.4. The monoisotopic (exact) mass is 349 g/mol. The molecule has 1 amide bonds. The summed E-state index contributed by atoms with van der Waals surface area (Å²) in [5.41, 5.74) is 0.430. The van der Waals surface area contributed by atoms with Crippen LogP contribution in [0.1, 0.15) is 17.3 Å². The summed E-state index contributed by atoms with van der Waals surface area (Å²) < 4.78 is 19.3. The summed E-state index contributed by atoms with van der Waals surface area (Å²) in [6, 6.07) is 4.28. The smallest absolute Gasteiger partial charge is 0.255 e. The van der Waals surface area contributed by atoms with Crippen molar-refractivity contribution in [2.45, 2.75) is 13.0 Å². The molecule has 17 heavy (non-hydrogen) atoms. The second-order valence-electron chi connectivity index (χ2n) is 4.06. The van der Waals surface area contributed by atoms with Gasteiger partial charge in [0.05, 0.1) is 18.3 Å². The summed E-state index contributed by atoms with van der Waals surface area (Å²) in [6.07, 6.45) is 0.0407. The maximum atomic E-state index is 13.2.